The predicted octanol–water partition coefficient (Wildman–Crippen LogP) is 2.26. The maximum Gasteiger partial charge on any atom is 0.305 e. The van der Waals surface area contributed by atoms with Gasteiger partial charge in [0.15, 0.2) is 0 Å². The van der Waals surface area contributed by atoms with Crippen molar-refractivity contribution in [2.45, 2.75) is 6.92 Å². The fraction of sp³-hybridized carbons (Fsp3) is 0.0769. The van der Waals surface area contributed by atoms with Crippen molar-refractivity contribution in [3.8, 4) is 0 Å². The van der Waals surface area contributed by atoms with Gasteiger partial charge in [0.05, 0.1) is 39.5 Å². The highest BCUT2D eigenvalue weighted by atomic mass is 19.1. The molecule has 1 aromatic carbocycles. The first-order valence-corrected chi connectivity index (χ1v) is 5.99. The lowest BCUT2D eigenvalue weighted by molar-refractivity contribution is -0.387. The van der Waals surface area contributed by atoms with E-state index in [-0.39, 0.29) is 16.8 Å². The molecule has 2 N–H and O–H groups in total. The van der Waals surface area contributed by atoms with E-state index >= 15 is 0 Å². The van der Waals surface area contributed by atoms with Crippen LogP contribution >= 0.6 is 0 Å². The van der Waals surface area contributed by atoms with E-state index in [1.54, 1.807) is 6.92 Å². The van der Waals surface area contributed by atoms with E-state index in [1.165, 1.54) is 18.5 Å². The van der Waals surface area contributed by atoms with Crippen molar-refractivity contribution in [1.29, 1.82) is 0 Å². The molecule has 8 heteroatoms. The van der Waals surface area contributed by atoms with Gasteiger partial charge in [0.2, 0.25) is 5.82 Å². The third-order valence-corrected chi connectivity index (χ3v) is 3.24. The van der Waals surface area contributed by atoms with Gasteiger partial charge in [-0.25, -0.2) is 4.98 Å². The largest absolute Gasteiger partial charge is 0.345 e. The molecule has 2 aromatic rings. The van der Waals surface area contributed by atoms with Crippen LogP contribution in [0.3, 0.4) is 0 Å². The zero-order valence-corrected chi connectivity index (χ0v) is 10.8. The summed E-state index contributed by atoms with van der Waals surface area (Å²) in [5.74, 6) is -1.54. The van der Waals surface area contributed by atoms with Gasteiger partial charge in [0, 0.05) is 6.07 Å². The van der Waals surface area contributed by atoms with E-state index in [9.17, 15) is 19.3 Å². The Balaban J connectivity index is 2.21. The number of carbonyl (C=O) groups excluding carboxylic acids is 1. The first kappa shape index (κ1) is 13.0. The summed E-state index contributed by atoms with van der Waals surface area (Å²) in [7, 11) is 0. The summed E-state index contributed by atoms with van der Waals surface area (Å²) in [6.07, 6.45) is 2.87. The molecular formula is C13H9FN4O3. The van der Waals surface area contributed by atoms with Crippen molar-refractivity contribution < 1.29 is 14.1 Å². The summed E-state index contributed by atoms with van der Waals surface area (Å²) in [5.41, 5.74) is 0.652. The Hall–Kier alpha value is -3.03. The number of fused-ring (bicyclic) bond motifs is 1. The minimum absolute atomic E-state index is 0.0264. The number of aryl methyl sites for hydroxylation is 1. The first-order chi connectivity index (χ1) is 9.99. The molecule has 2 heterocycles. The number of halogens is 1. The second-order valence-electron chi connectivity index (χ2n) is 4.49. The van der Waals surface area contributed by atoms with Gasteiger partial charge in [-0.15, -0.1) is 0 Å². The molecule has 1 aliphatic rings. The van der Waals surface area contributed by atoms with Gasteiger partial charge in [-0.1, -0.05) is 0 Å². The highest BCUT2D eigenvalue weighted by Gasteiger charge is 2.32. The van der Waals surface area contributed by atoms with Gasteiger partial charge in [-0.3, -0.25) is 14.9 Å². The van der Waals surface area contributed by atoms with E-state index in [0.29, 0.717) is 11.4 Å². The zero-order chi connectivity index (χ0) is 15.1. The number of hydrogen-bond donors (Lipinski definition) is 2. The van der Waals surface area contributed by atoms with Crippen molar-refractivity contribution in [2.75, 3.05) is 5.32 Å². The number of imidazole rings is 1. The monoisotopic (exact) mass is 288 g/mol. The third kappa shape index (κ3) is 1.97. The number of amides is 1. The molecule has 0 aliphatic carbocycles. The van der Waals surface area contributed by atoms with E-state index in [0.717, 1.165) is 6.07 Å². The van der Waals surface area contributed by atoms with Crippen LogP contribution in [0.25, 0.3) is 11.6 Å². The molecule has 3 rings (SSSR count). The van der Waals surface area contributed by atoms with Gasteiger partial charge in [-0.05, 0) is 19.1 Å². The summed E-state index contributed by atoms with van der Waals surface area (Å²) in [4.78, 5) is 28.7. The Morgan fingerprint density at radius 1 is 1.43 bits per heavy atom. The normalized spacial score (nSPS) is 15.1. The van der Waals surface area contributed by atoms with Crippen LogP contribution in [0, 0.1) is 22.9 Å². The number of nitrogens with zero attached hydrogens (tertiary/aromatic N) is 2. The fourth-order valence-electron chi connectivity index (χ4n) is 2.18. The van der Waals surface area contributed by atoms with Crippen LogP contribution in [-0.4, -0.2) is 20.8 Å². The molecule has 21 heavy (non-hydrogen) atoms. The van der Waals surface area contributed by atoms with Crippen LogP contribution in [0.2, 0.25) is 0 Å². The second-order valence-corrected chi connectivity index (χ2v) is 4.49. The topological polar surface area (TPSA) is 101 Å². The number of rotatable bonds is 2. The Morgan fingerprint density at radius 3 is 2.81 bits per heavy atom. The summed E-state index contributed by atoms with van der Waals surface area (Å²) < 4.78 is 14.3. The molecule has 0 fully saturated rings. The van der Waals surface area contributed by atoms with Crippen LogP contribution in [0.5, 0.6) is 0 Å². The molecule has 0 radical (unpaired) electrons. The number of H-pyrrole nitrogens is 1. The van der Waals surface area contributed by atoms with E-state index in [1.807, 2.05) is 0 Å². The number of aromatic amines is 1. The molecule has 1 aliphatic heterocycles. The smallest absolute Gasteiger partial charge is 0.305 e. The van der Waals surface area contributed by atoms with Crippen molar-refractivity contribution in [3.63, 3.8) is 0 Å². The first-order valence-electron chi connectivity index (χ1n) is 5.99. The van der Waals surface area contributed by atoms with Crippen LogP contribution in [0.4, 0.5) is 15.8 Å². The quantitative estimate of drug-likeness (QED) is 0.502. The molecule has 0 spiro atoms. The van der Waals surface area contributed by atoms with Gasteiger partial charge < -0.3 is 10.3 Å². The Bertz CT molecular complexity index is 810. The Morgan fingerprint density at radius 2 is 2.19 bits per heavy atom. The number of aromatic nitrogens is 2. The van der Waals surface area contributed by atoms with Gasteiger partial charge in [0.25, 0.3) is 5.91 Å². The number of nitro groups is 1. The number of carbonyl (C=O) groups is 1. The van der Waals surface area contributed by atoms with Crippen LogP contribution < -0.4 is 5.32 Å². The van der Waals surface area contributed by atoms with Crippen molar-refractivity contribution in [2.24, 2.45) is 0 Å². The van der Waals surface area contributed by atoms with Crippen LogP contribution in [0.15, 0.2) is 18.5 Å². The average Bonchev–Trinajstić information content (AvgIpc) is 2.95. The van der Waals surface area contributed by atoms with Crippen molar-refractivity contribution in [3.05, 3.63) is 51.3 Å². The summed E-state index contributed by atoms with van der Waals surface area (Å²) in [6, 6.07) is 2.34. The third-order valence-electron chi connectivity index (χ3n) is 3.24. The fourth-order valence-corrected chi connectivity index (χ4v) is 2.18. The van der Waals surface area contributed by atoms with Crippen LogP contribution in [0.1, 0.15) is 17.0 Å². The molecule has 0 atom stereocenters. The molecule has 1 amide bonds. The summed E-state index contributed by atoms with van der Waals surface area (Å²) in [5, 5.41) is 13.3. The Kier molecular flexibility index (Phi) is 2.79. The van der Waals surface area contributed by atoms with Gasteiger partial charge >= 0.3 is 5.69 Å². The SMILES string of the molecule is Cc1nc[nH]c1/C=C1\C(=O)Nc2ccc([N+](=O)[O-])c(F)c21. The molecule has 7 nitrogen and oxygen atoms in total. The Labute approximate surface area is 117 Å². The molecule has 1 aromatic heterocycles. The molecule has 0 saturated heterocycles. The van der Waals surface area contributed by atoms with E-state index < -0.39 is 22.3 Å². The maximum atomic E-state index is 14.3. The molecule has 0 bridgehead atoms. The van der Waals surface area contributed by atoms with Gasteiger partial charge in [-0.2, -0.15) is 4.39 Å². The van der Waals surface area contributed by atoms with E-state index in [4.69, 9.17) is 0 Å². The minimum Gasteiger partial charge on any atom is -0.345 e. The number of anilines is 1. The lowest BCUT2D eigenvalue weighted by Gasteiger charge is -2.01. The molecular weight excluding hydrogens is 279 g/mol. The van der Waals surface area contributed by atoms with Crippen molar-refractivity contribution in [1.82, 2.24) is 9.97 Å². The van der Waals surface area contributed by atoms with E-state index in [2.05, 4.69) is 15.3 Å². The maximum absolute atomic E-state index is 14.3. The molecule has 106 valence electrons. The predicted molar refractivity (Wildman–Crippen MR) is 72.9 cm³/mol. The van der Waals surface area contributed by atoms with Crippen molar-refractivity contribution >= 4 is 28.9 Å². The number of benzene rings is 1. The highest BCUT2D eigenvalue weighted by Crippen LogP contribution is 2.38. The van der Waals surface area contributed by atoms with Gasteiger partial charge in [0.1, 0.15) is 0 Å². The molecule has 0 saturated carbocycles. The highest BCUT2D eigenvalue weighted by molar-refractivity contribution is 6.35. The molecule has 0 unspecified atom stereocenters. The number of nitrogens with one attached hydrogen (secondary N) is 2. The number of nitro benzene ring substituents is 1. The standard InChI is InChI=1S/C13H9FN4O3/c1-6-9(16-5-15-6)4-7-11-8(17-13(7)19)2-3-10(12(11)14)18(20)21/h2-5H,1H3,(H,15,16)(H,17,19)/b7-4-. The second kappa shape index (κ2) is 4.51. The number of hydrogen-bond acceptors (Lipinski definition) is 4. The average molecular weight is 288 g/mol. The van der Waals surface area contributed by atoms with Crippen LogP contribution in [-0.2, 0) is 4.79 Å². The summed E-state index contributed by atoms with van der Waals surface area (Å²) in [6.45, 7) is 1.72. The lowest BCUT2D eigenvalue weighted by atomic mass is 10.0. The minimum atomic E-state index is -1.03. The summed E-state index contributed by atoms with van der Waals surface area (Å²) >= 11 is 0. The zero-order valence-electron chi connectivity index (χ0n) is 10.8. The lowest BCUT2D eigenvalue weighted by Crippen LogP contribution is -2.03.